The van der Waals surface area contributed by atoms with Gasteiger partial charge in [-0.1, -0.05) is 0 Å². The van der Waals surface area contributed by atoms with Crippen molar-refractivity contribution in [1.29, 1.82) is 0 Å². The normalized spacial score (nSPS) is 10.3. The molecule has 0 aliphatic carbocycles. The first-order valence-electron chi connectivity index (χ1n) is 9.37. The average Bonchev–Trinajstić information content (AvgIpc) is 2.68. The highest BCUT2D eigenvalue weighted by molar-refractivity contribution is 5.96. The van der Waals surface area contributed by atoms with Gasteiger partial charge in [0.05, 0.1) is 25.4 Å². The largest absolute Gasteiger partial charge is 0.490 e. The fourth-order valence-corrected chi connectivity index (χ4v) is 2.54. The lowest BCUT2D eigenvalue weighted by Gasteiger charge is -2.16. The van der Waals surface area contributed by atoms with Crippen molar-refractivity contribution in [2.24, 2.45) is 0 Å². The fraction of sp³-hybridized carbons (Fsp3) is 0.333. The topological polar surface area (TPSA) is 83.1 Å². The van der Waals surface area contributed by atoms with Crippen molar-refractivity contribution in [3.05, 3.63) is 47.5 Å². The van der Waals surface area contributed by atoms with Gasteiger partial charge in [0, 0.05) is 11.8 Å². The van der Waals surface area contributed by atoms with Gasteiger partial charge in [0.25, 0.3) is 5.91 Å². The molecule has 0 bridgehead atoms. The SMILES string of the molecule is CCOc1cc(C(=O)OCC(=O)Nc2cc(F)cc(F)c2)cc(OCC)c1OCC. The summed E-state index contributed by atoms with van der Waals surface area (Å²) in [6.45, 7) is 5.73. The number of hydrogen-bond donors (Lipinski definition) is 1. The molecular formula is C21H23F2NO6. The molecule has 0 spiro atoms. The van der Waals surface area contributed by atoms with Crippen LogP contribution in [-0.2, 0) is 9.53 Å². The van der Waals surface area contributed by atoms with E-state index in [4.69, 9.17) is 18.9 Å². The molecular weight excluding hydrogens is 400 g/mol. The van der Waals surface area contributed by atoms with Crippen LogP contribution < -0.4 is 19.5 Å². The van der Waals surface area contributed by atoms with Gasteiger partial charge in [-0.2, -0.15) is 0 Å². The molecule has 0 aliphatic rings. The van der Waals surface area contributed by atoms with E-state index in [1.165, 1.54) is 12.1 Å². The summed E-state index contributed by atoms with van der Waals surface area (Å²) in [5.74, 6) is -2.28. The van der Waals surface area contributed by atoms with E-state index in [2.05, 4.69) is 5.32 Å². The second kappa shape index (κ2) is 11.0. The highest BCUT2D eigenvalue weighted by Gasteiger charge is 2.20. The number of anilines is 1. The molecule has 0 saturated carbocycles. The summed E-state index contributed by atoms with van der Waals surface area (Å²) in [6, 6.07) is 5.42. The maximum atomic E-state index is 13.2. The van der Waals surface area contributed by atoms with Gasteiger partial charge in [0.2, 0.25) is 5.75 Å². The van der Waals surface area contributed by atoms with Crippen LogP contribution in [0.1, 0.15) is 31.1 Å². The van der Waals surface area contributed by atoms with E-state index in [0.717, 1.165) is 12.1 Å². The third kappa shape index (κ3) is 6.33. The summed E-state index contributed by atoms with van der Waals surface area (Å²) in [5, 5.41) is 2.25. The summed E-state index contributed by atoms with van der Waals surface area (Å²) in [5.41, 5.74) is 0.00170. The van der Waals surface area contributed by atoms with Crippen LogP contribution in [0.15, 0.2) is 30.3 Å². The van der Waals surface area contributed by atoms with E-state index in [1.54, 1.807) is 20.8 Å². The van der Waals surface area contributed by atoms with E-state index >= 15 is 0 Å². The minimum Gasteiger partial charge on any atom is -0.490 e. The molecule has 2 rings (SSSR count). The standard InChI is InChI=1S/C21H23F2NO6/c1-4-27-17-7-13(8-18(28-5-2)20(17)29-6-3)21(26)30-12-19(25)24-16-10-14(22)9-15(23)11-16/h7-11H,4-6,12H2,1-3H3,(H,24,25). The molecule has 9 heteroatoms. The molecule has 0 unspecified atom stereocenters. The Morgan fingerprint density at radius 2 is 1.37 bits per heavy atom. The van der Waals surface area contributed by atoms with Gasteiger partial charge in [-0.15, -0.1) is 0 Å². The summed E-state index contributed by atoms with van der Waals surface area (Å²) < 4.78 is 48.0. The van der Waals surface area contributed by atoms with E-state index in [-0.39, 0.29) is 11.3 Å². The summed E-state index contributed by atoms with van der Waals surface area (Å²) in [7, 11) is 0. The Hall–Kier alpha value is -3.36. The average molecular weight is 423 g/mol. The van der Waals surface area contributed by atoms with Crippen molar-refractivity contribution >= 4 is 17.6 Å². The van der Waals surface area contributed by atoms with Crippen molar-refractivity contribution in [3.8, 4) is 17.2 Å². The molecule has 2 aromatic carbocycles. The smallest absolute Gasteiger partial charge is 0.338 e. The first kappa shape index (κ1) is 22.9. The summed E-state index contributed by atoms with van der Waals surface area (Å²) in [4.78, 5) is 24.4. The van der Waals surface area contributed by atoms with Crippen LogP contribution in [0.4, 0.5) is 14.5 Å². The number of nitrogens with one attached hydrogen (secondary N) is 1. The van der Waals surface area contributed by atoms with Gasteiger partial charge in [-0.05, 0) is 45.0 Å². The molecule has 30 heavy (non-hydrogen) atoms. The van der Waals surface area contributed by atoms with E-state index in [1.807, 2.05) is 0 Å². The van der Waals surface area contributed by atoms with Gasteiger partial charge in [-0.3, -0.25) is 4.79 Å². The lowest BCUT2D eigenvalue weighted by molar-refractivity contribution is -0.119. The van der Waals surface area contributed by atoms with Crippen LogP contribution in [0.3, 0.4) is 0 Å². The number of halogens is 2. The number of carbonyl (C=O) groups is 2. The Bertz CT molecular complexity index is 856. The van der Waals surface area contributed by atoms with Crippen LogP contribution in [0.25, 0.3) is 0 Å². The number of rotatable bonds is 10. The summed E-state index contributed by atoms with van der Waals surface area (Å²) in [6.07, 6.45) is 0. The molecule has 0 aliphatic heterocycles. The Labute approximate surface area is 172 Å². The molecule has 1 N–H and O–H groups in total. The van der Waals surface area contributed by atoms with E-state index in [0.29, 0.717) is 43.1 Å². The predicted molar refractivity (Wildman–Crippen MR) is 105 cm³/mol. The maximum absolute atomic E-state index is 13.2. The van der Waals surface area contributed by atoms with Crippen LogP contribution in [-0.4, -0.2) is 38.3 Å². The van der Waals surface area contributed by atoms with Crippen molar-refractivity contribution < 1.29 is 37.3 Å². The maximum Gasteiger partial charge on any atom is 0.338 e. The molecule has 1 amide bonds. The Morgan fingerprint density at radius 1 is 0.833 bits per heavy atom. The molecule has 162 valence electrons. The zero-order valence-electron chi connectivity index (χ0n) is 16.9. The van der Waals surface area contributed by atoms with Gasteiger partial charge in [0.15, 0.2) is 18.1 Å². The van der Waals surface area contributed by atoms with Crippen molar-refractivity contribution in [2.75, 3.05) is 31.7 Å². The second-order valence-electron chi connectivity index (χ2n) is 5.88. The summed E-state index contributed by atoms with van der Waals surface area (Å²) >= 11 is 0. The molecule has 7 nitrogen and oxygen atoms in total. The van der Waals surface area contributed by atoms with Crippen molar-refractivity contribution in [3.63, 3.8) is 0 Å². The quantitative estimate of drug-likeness (QED) is 0.583. The molecule has 0 radical (unpaired) electrons. The lowest BCUT2D eigenvalue weighted by Crippen LogP contribution is -2.21. The van der Waals surface area contributed by atoms with Crippen molar-refractivity contribution in [2.45, 2.75) is 20.8 Å². The van der Waals surface area contributed by atoms with Gasteiger partial charge < -0.3 is 24.3 Å². The number of ether oxygens (including phenoxy) is 4. The number of benzene rings is 2. The molecule has 0 fully saturated rings. The van der Waals surface area contributed by atoms with Crippen LogP contribution in [0.5, 0.6) is 17.2 Å². The van der Waals surface area contributed by atoms with Crippen LogP contribution >= 0.6 is 0 Å². The zero-order valence-corrected chi connectivity index (χ0v) is 16.9. The number of amides is 1. The fourth-order valence-electron chi connectivity index (χ4n) is 2.54. The second-order valence-corrected chi connectivity index (χ2v) is 5.88. The zero-order chi connectivity index (χ0) is 22.1. The van der Waals surface area contributed by atoms with E-state index in [9.17, 15) is 18.4 Å². The van der Waals surface area contributed by atoms with Gasteiger partial charge in [-0.25, -0.2) is 13.6 Å². The lowest BCUT2D eigenvalue weighted by atomic mass is 10.2. The third-order valence-corrected chi connectivity index (χ3v) is 3.63. The first-order valence-corrected chi connectivity index (χ1v) is 9.37. The van der Waals surface area contributed by atoms with Crippen LogP contribution in [0, 0.1) is 11.6 Å². The minimum absolute atomic E-state index is 0.0909. The highest BCUT2D eigenvalue weighted by Crippen LogP contribution is 2.39. The molecule has 0 aromatic heterocycles. The first-order chi connectivity index (χ1) is 14.4. The minimum atomic E-state index is -0.844. The number of carbonyl (C=O) groups excluding carboxylic acids is 2. The Kier molecular flexibility index (Phi) is 8.40. The van der Waals surface area contributed by atoms with Crippen molar-refractivity contribution in [1.82, 2.24) is 0 Å². The van der Waals surface area contributed by atoms with Gasteiger partial charge >= 0.3 is 5.97 Å². The molecule has 0 heterocycles. The molecule has 0 atom stereocenters. The number of hydrogen-bond acceptors (Lipinski definition) is 6. The van der Waals surface area contributed by atoms with Crippen LogP contribution in [0.2, 0.25) is 0 Å². The predicted octanol–water partition coefficient (Wildman–Crippen LogP) is 3.96. The Morgan fingerprint density at radius 3 is 1.87 bits per heavy atom. The monoisotopic (exact) mass is 423 g/mol. The van der Waals surface area contributed by atoms with E-state index < -0.39 is 30.1 Å². The molecule has 2 aromatic rings. The number of esters is 1. The Balaban J connectivity index is 2.12. The third-order valence-electron chi connectivity index (χ3n) is 3.63. The highest BCUT2D eigenvalue weighted by atomic mass is 19.1. The van der Waals surface area contributed by atoms with Gasteiger partial charge in [0.1, 0.15) is 11.6 Å². The molecule has 0 saturated heterocycles.